The smallest absolute Gasteiger partial charge is 0.355 e. The van der Waals surface area contributed by atoms with Gasteiger partial charge in [-0.2, -0.15) is 0 Å². The zero-order valence-corrected chi connectivity index (χ0v) is 32.2. The van der Waals surface area contributed by atoms with Crippen LogP contribution in [0.5, 0.6) is 0 Å². The molecule has 7 rings (SSSR count). The van der Waals surface area contributed by atoms with Gasteiger partial charge in [0, 0.05) is 18.6 Å². The summed E-state index contributed by atoms with van der Waals surface area (Å²) in [7, 11) is 1.36. The summed E-state index contributed by atoms with van der Waals surface area (Å²) < 4.78 is 11.8. The van der Waals surface area contributed by atoms with Gasteiger partial charge in [-0.1, -0.05) is 107 Å². The van der Waals surface area contributed by atoms with Crippen LogP contribution in [0.3, 0.4) is 0 Å². The minimum absolute atomic E-state index is 0.0287. The second kappa shape index (κ2) is 15.8. The highest BCUT2D eigenvalue weighted by molar-refractivity contribution is 8.00. The Kier molecular flexibility index (Phi) is 10.9. The molecule has 1 aromatic heterocycles. The van der Waals surface area contributed by atoms with Crippen molar-refractivity contribution in [3.05, 3.63) is 130 Å². The maximum atomic E-state index is 14.0. The van der Waals surface area contributed by atoms with Crippen LogP contribution in [0.1, 0.15) is 61.6 Å². The number of nitrogens with one attached hydrogen (secondary N) is 2. The quantitative estimate of drug-likeness (QED) is 0.0581. The number of thioether (sulfide) groups is 1. The van der Waals surface area contributed by atoms with E-state index in [4.69, 9.17) is 19.3 Å². The summed E-state index contributed by atoms with van der Waals surface area (Å²) in [6, 6.07) is 29.5. The molecular formula is C41H43N5O6S2. The predicted molar refractivity (Wildman–Crippen MR) is 210 cm³/mol. The number of nitrogens with zero attached hydrogens (tertiary/aromatic N) is 3. The standard InChI is InChI=1S/C41H43N5O6S2/c1-40(2,3)52-38(49)34-29(30-22-14-15-23-51-30)25-53-37-33(36(48)46(34)37)43-35(47)32(45-50-4)31-24-42-39(54-31)44-41(26-16-8-5-9-17-26,27-18-10-6-11-19-27)28-20-12-7-13-21-28/h5-13,16-21,24,30,33,37H,14-15,22-23,25H2,1-4H3,(H,42,44)(H,43,47)/b45-32-/t30-,33-,37-/m1/s1. The van der Waals surface area contributed by atoms with E-state index in [2.05, 4.69) is 52.2 Å². The highest BCUT2D eigenvalue weighted by atomic mass is 32.2. The van der Waals surface area contributed by atoms with E-state index in [1.807, 2.05) is 54.6 Å². The Morgan fingerprint density at radius 3 is 2.07 bits per heavy atom. The van der Waals surface area contributed by atoms with Gasteiger partial charge in [0.05, 0.1) is 11.0 Å². The van der Waals surface area contributed by atoms with Crippen LogP contribution in [0.25, 0.3) is 0 Å². The van der Waals surface area contributed by atoms with Gasteiger partial charge in [-0.25, -0.2) is 9.78 Å². The van der Waals surface area contributed by atoms with Crippen LogP contribution >= 0.6 is 23.1 Å². The van der Waals surface area contributed by atoms with Crippen molar-refractivity contribution in [1.29, 1.82) is 0 Å². The van der Waals surface area contributed by atoms with Crippen LogP contribution in [-0.4, -0.2) is 76.0 Å². The number of β-lactam (4-membered cyclic amide) rings is 1. The Bertz CT molecular complexity index is 1950. The summed E-state index contributed by atoms with van der Waals surface area (Å²) in [6.07, 6.45) is 3.99. The molecule has 2 N–H and O–H groups in total. The molecule has 0 aliphatic carbocycles. The largest absolute Gasteiger partial charge is 0.455 e. The third kappa shape index (κ3) is 7.40. The van der Waals surface area contributed by atoms with Crippen molar-refractivity contribution in [1.82, 2.24) is 15.2 Å². The molecule has 2 amide bonds. The second-order valence-electron chi connectivity index (χ2n) is 14.2. The van der Waals surface area contributed by atoms with Crippen molar-refractivity contribution in [3.8, 4) is 0 Å². The summed E-state index contributed by atoms with van der Waals surface area (Å²) in [5, 5.41) is 10.7. The molecule has 0 saturated carbocycles. The first-order chi connectivity index (χ1) is 26.1. The summed E-state index contributed by atoms with van der Waals surface area (Å²) in [5.74, 6) is -1.11. The maximum Gasteiger partial charge on any atom is 0.355 e. The first-order valence-electron chi connectivity index (χ1n) is 18.0. The SMILES string of the molecule is CO/N=C(\C(=O)N[C@@H]1C(=O)N2C(C(=O)OC(C)(C)C)=C([C@H]3CCCCO3)CS[C@H]12)c1cnc(NC(c2ccccc2)(c2ccccc2)c2ccccc2)s1. The molecule has 54 heavy (non-hydrogen) atoms. The average Bonchev–Trinajstić information content (AvgIpc) is 3.66. The lowest BCUT2D eigenvalue weighted by molar-refractivity contribution is -0.159. The van der Waals surface area contributed by atoms with Crippen LogP contribution in [0, 0.1) is 0 Å². The molecule has 0 unspecified atom stereocenters. The number of hydrogen-bond donors (Lipinski definition) is 2. The summed E-state index contributed by atoms with van der Waals surface area (Å²) >= 11 is 2.73. The van der Waals surface area contributed by atoms with Gasteiger partial charge in [0.15, 0.2) is 10.8 Å². The number of anilines is 1. The fourth-order valence-electron chi connectivity index (χ4n) is 7.10. The van der Waals surface area contributed by atoms with Gasteiger partial charge < -0.3 is 24.9 Å². The number of carbonyl (C=O) groups excluding carboxylic acids is 3. The van der Waals surface area contributed by atoms with E-state index in [1.165, 1.54) is 35.1 Å². The number of hydrogen-bond acceptors (Lipinski definition) is 11. The van der Waals surface area contributed by atoms with E-state index in [0.29, 0.717) is 22.4 Å². The van der Waals surface area contributed by atoms with E-state index in [-0.39, 0.29) is 17.5 Å². The molecule has 4 heterocycles. The molecule has 3 aliphatic rings. The highest BCUT2D eigenvalue weighted by Crippen LogP contribution is 2.44. The van der Waals surface area contributed by atoms with Gasteiger partial charge in [-0.05, 0) is 62.3 Å². The number of oxime groups is 1. The molecule has 13 heteroatoms. The summed E-state index contributed by atoms with van der Waals surface area (Å²) in [4.78, 5) is 53.2. The topological polar surface area (TPSA) is 131 Å². The first kappa shape index (κ1) is 37.3. The maximum absolute atomic E-state index is 14.0. The third-order valence-electron chi connectivity index (χ3n) is 9.50. The minimum Gasteiger partial charge on any atom is -0.455 e. The minimum atomic E-state index is -0.900. The molecule has 3 aliphatic heterocycles. The van der Waals surface area contributed by atoms with E-state index in [0.717, 1.165) is 41.5 Å². The molecule has 11 nitrogen and oxygen atoms in total. The predicted octanol–water partition coefficient (Wildman–Crippen LogP) is 6.46. The van der Waals surface area contributed by atoms with Crippen molar-refractivity contribution in [2.75, 3.05) is 24.8 Å². The summed E-state index contributed by atoms with van der Waals surface area (Å²) in [6.45, 7) is 5.97. The molecular weight excluding hydrogens is 723 g/mol. The zero-order valence-electron chi connectivity index (χ0n) is 30.6. The number of benzene rings is 3. The van der Waals surface area contributed by atoms with Crippen LogP contribution in [0.15, 0.2) is 114 Å². The normalized spacial score (nSPS) is 20.4. The van der Waals surface area contributed by atoms with Crippen LogP contribution in [-0.2, 0) is 34.2 Å². The monoisotopic (exact) mass is 765 g/mol. The first-order valence-corrected chi connectivity index (χ1v) is 19.8. The molecule has 2 fully saturated rings. The molecule has 0 bridgehead atoms. The van der Waals surface area contributed by atoms with Gasteiger partial charge in [0.25, 0.3) is 11.8 Å². The fourth-order valence-corrected chi connectivity index (χ4v) is 9.36. The number of rotatable bonds is 11. The number of carbonyl (C=O) groups is 3. The Morgan fingerprint density at radius 1 is 0.926 bits per heavy atom. The average molecular weight is 766 g/mol. The Balaban J connectivity index is 1.15. The second-order valence-corrected chi connectivity index (χ2v) is 16.4. The van der Waals surface area contributed by atoms with Crippen LogP contribution < -0.4 is 10.6 Å². The number of thiazole rings is 1. The lowest BCUT2D eigenvalue weighted by atomic mass is 9.77. The van der Waals surface area contributed by atoms with Crippen molar-refractivity contribution in [2.45, 2.75) is 68.7 Å². The number of ether oxygens (including phenoxy) is 2. The van der Waals surface area contributed by atoms with E-state index in [9.17, 15) is 14.4 Å². The molecule has 280 valence electrons. The van der Waals surface area contributed by atoms with Crippen LogP contribution in [0.2, 0.25) is 0 Å². The fraction of sp³-hybridized carbons (Fsp3) is 0.341. The van der Waals surface area contributed by atoms with Gasteiger partial charge in [-0.3, -0.25) is 14.5 Å². The van der Waals surface area contributed by atoms with Gasteiger partial charge in [0.1, 0.15) is 35.4 Å². The number of fused-ring (bicyclic) bond motifs is 1. The molecule has 4 aromatic rings. The van der Waals surface area contributed by atoms with E-state index >= 15 is 0 Å². The lowest BCUT2D eigenvalue weighted by Gasteiger charge is -2.50. The zero-order chi connectivity index (χ0) is 37.9. The van der Waals surface area contributed by atoms with Gasteiger partial charge in [-0.15, -0.1) is 11.8 Å². The van der Waals surface area contributed by atoms with Crippen molar-refractivity contribution in [2.24, 2.45) is 5.16 Å². The van der Waals surface area contributed by atoms with E-state index in [1.54, 1.807) is 27.0 Å². The lowest BCUT2D eigenvalue weighted by Crippen LogP contribution is -2.71. The Labute approximate surface area is 323 Å². The highest BCUT2D eigenvalue weighted by Gasteiger charge is 2.56. The van der Waals surface area contributed by atoms with Gasteiger partial charge in [0.2, 0.25) is 0 Å². The molecule has 0 spiro atoms. The Hall–Kier alpha value is -4.98. The van der Waals surface area contributed by atoms with E-state index < -0.39 is 40.3 Å². The molecule has 3 atom stereocenters. The number of aromatic nitrogens is 1. The number of esters is 1. The molecule has 3 aromatic carbocycles. The van der Waals surface area contributed by atoms with Crippen molar-refractivity contribution < 1.29 is 28.7 Å². The number of amides is 2. The summed E-state index contributed by atoms with van der Waals surface area (Å²) in [5.41, 5.74) is 2.35. The van der Waals surface area contributed by atoms with Gasteiger partial charge >= 0.3 is 5.97 Å². The third-order valence-corrected chi connectivity index (χ3v) is 11.7. The van der Waals surface area contributed by atoms with Crippen molar-refractivity contribution >= 4 is 51.7 Å². The molecule has 2 saturated heterocycles. The van der Waals surface area contributed by atoms with Crippen LogP contribution in [0.4, 0.5) is 5.13 Å². The Morgan fingerprint density at radius 2 is 1.54 bits per heavy atom. The van der Waals surface area contributed by atoms with Crippen molar-refractivity contribution in [3.63, 3.8) is 0 Å². The molecule has 0 radical (unpaired) electrons.